The zero-order valence-electron chi connectivity index (χ0n) is 10.7. The zero-order valence-corrected chi connectivity index (χ0v) is 11.6. The van der Waals surface area contributed by atoms with Gasteiger partial charge >= 0.3 is 0 Å². The minimum absolute atomic E-state index is 0.0585. The Hall–Kier alpha value is -0.940. The summed E-state index contributed by atoms with van der Waals surface area (Å²) in [5, 5.41) is 3.92. The van der Waals surface area contributed by atoms with E-state index in [0.717, 1.165) is 30.0 Å². The van der Waals surface area contributed by atoms with Crippen molar-refractivity contribution in [2.75, 3.05) is 6.54 Å². The molecule has 1 amide bonds. The van der Waals surface area contributed by atoms with E-state index in [1.165, 1.54) is 4.88 Å². The van der Waals surface area contributed by atoms with Crippen LogP contribution in [0.15, 0.2) is 0 Å². The quantitative estimate of drug-likeness (QED) is 0.810. The van der Waals surface area contributed by atoms with E-state index in [9.17, 15) is 4.79 Å². The molecule has 0 aliphatic rings. The number of aryl methyl sites for hydroxylation is 2. The number of rotatable bonds is 6. The fourth-order valence-corrected chi connectivity index (χ4v) is 2.45. The molecule has 5 heteroatoms. The fourth-order valence-electron chi connectivity index (χ4n) is 1.51. The first-order valence-corrected chi connectivity index (χ1v) is 6.82. The molecular formula is C12H21N3OS. The zero-order chi connectivity index (χ0) is 12.8. The third kappa shape index (κ3) is 4.44. The van der Waals surface area contributed by atoms with E-state index < -0.39 is 0 Å². The molecule has 0 radical (unpaired) electrons. The van der Waals surface area contributed by atoms with Crippen molar-refractivity contribution in [3.8, 4) is 0 Å². The Kier molecular flexibility index (Phi) is 5.58. The molecule has 0 saturated heterocycles. The van der Waals surface area contributed by atoms with Crippen LogP contribution in [0.3, 0.4) is 0 Å². The Balaban J connectivity index is 2.30. The maximum absolute atomic E-state index is 11.5. The van der Waals surface area contributed by atoms with Gasteiger partial charge in [-0.25, -0.2) is 4.98 Å². The van der Waals surface area contributed by atoms with Crippen molar-refractivity contribution < 1.29 is 4.79 Å². The summed E-state index contributed by atoms with van der Waals surface area (Å²) in [7, 11) is 0. The Morgan fingerprint density at radius 3 is 2.76 bits per heavy atom. The first-order valence-electron chi connectivity index (χ1n) is 6.00. The molecule has 0 bridgehead atoms. The minimum atomic E-state index is -0.375. The van der Waals surface area contributed by atoms with Gasteiger partial charge in [-0.2, -0.15) is 0 Å². The van der Waals surface area contributed by atoms with E-state index in [1.54, 1.807) is 11.3 Å². The highest BCUT2D eigenvalue weighted by Gasteiger charge is 2.11. The van der Waals surface area contributed by atoms with E-state index in [-0.39, 0.29) is 11.9 Å². The van der Waals surface area contributed by atoms with E-state index in [2.05, 4.69) is 17.2 Å². The van der Waals surface area contributed by atoms with Crippen LogP contribution in [0.1, 0.15) is 35.3 Å². The number of aromatic nitrogens is 1. The van der Waals surface area contributed by atoms with Crippen LogP contribution >= 0.6 is 11.3 Å². The lowest BCUT2D eigenvalue weighted by atomic mass is 10.2. The smallest absolute Gasteiger partial charge is 0.236 e. The Bertz CT molecular complexity index is 356. The average Bonchev–Trinajstić information content (AvgIpc) is 2.58. The van der Waals surface area contributed by atoms with Crippen LogP contribution in [-0.2, 0) is 11.2 Å². The van der Waals surface area contributed by atoms with Gasteiger partial charge in [-0.1, -0.05) is 13.3 Å². The molecule has 1 rings (SSSR count). The van der Waals surface area contributed by atoms with Crippen molar-refractivity contribution in [3.63, 3.8) is 0 Å². The van der Waals surface area contributed by atoms with E-state index in [1.807, 2.05) is 13.8 Å². The highest BCUT2D eigenvalue weighted by atomic mass is 32.1. The van der Waals surface area contributed by atoms with Gasteiger partial charge < -0.3 is 11.1 Å². The van der Waals surface area contributed by atoms with Crippen molar-refractivity contribution >= 4 is 17.2 Å². The van der Waals surface area contributed by atoms with Gasteiger partial charge in [-0.15, -0.1) is 11.3 Å². The van der Waals surface area contributed by atoms with Gasteiger partial charge in [-0.05, 0) is 20.3 Å². The van der Waals surface area contributed by atoms with Gasteiger partial charge in [0, 0.05) is 17.8 Å². The van der Waals surface area contributed by atoms with Gasteiger partial charge in [0.25, 0.3) is 0 Å². The molecule has 17 heavy (non-hydrogen) atoms. The second-order valence-corrected chi connectivity index (χ2v) is 5.47. The van der Waals surface area contributed by atoms with E-state index >= 15 is 0 Å². The number of hydrogen-bond donors (Lipinski definition) is 2. The molecular weight excluding hydrogens is 234 g/mol. The average molecular weight is 255 g/mol. The summed E-state index contributed by atoms with van der Waals surface area (Å²) in [6, 6.07) is -0.375. The molecule has 0 fully saturated rings. The molecule has 1 atom stereocenters. The molecule has 1 aromatic rings. The third-order valence-corrected chi connectivity index (χ3v) is 3.78. The topological polar surface area (TPSA) is 68.0 Å². The SMILES string of the molecule is CCCC(N)C(=O)NCCc1nc(C)c(C)s1. The predicted molar refractivity (Wildman–Crippen MR) is 71.2 cm³/mol. The molecule has 1 heterocycles. The van der Waals surface area contributed by atoms with Gasteiger partial charge in [0.05, 0.1) is 16.7 Å². The third-order valence-electron chi connectivity index (χ3n) is 2.65. The second-order valence-electron chi connectivity index (χ2n) is 4.19. The molecule has 1 aromatic heterocycles. The monoisotopic (exact) mass is 255 g/mol. The summed E-state index contributed by atoms with van der Waals surface area (Å²) in [5.41, 5.74) is 6.79. The van der Waals surface area contributed by atoms with Gasteiger partial charge in [-0.3, -0.25) is 4.79 Å². The highest BCUT2D eigenvalue weighted by Crippen LogP contribution is 2.16. The predicted octanol–water partition coefficient (Wildman–Crippen LogP) is 1.55. The molecule has 96 valence electrons. The molecule has 0 spiro atoms. The highest BCUT2D eigenvalue weighted by molar-refractivity contribution is 7.11. The van der Waals surface area contributed by atoms with Gasteiger partial charge in [0.1, 0.15) is 0 Å². The number of nitrogens with two attached hydrogens (primary N) is 1. The lowest BCUT2D eigenvalue weighted by Crippen LogP contribution is -2.41. The number of carbonyl (C=O) groups is 1. The summed E-state index contributed by atoms with van der Waals surface area (Å²) in [5.74, 6) is -0.0585. The number of nitrogens with zero attached hydrogens (tertiary/aromatic N) is 1. The molecule has 0 aliphatic heterocycles. The molecule has 4 nitrogen and oxygen atoms in total. The number of thiazole rings is 1. The minimum Gasteiger partial charge on any atom is -0.354 e. The summed E-state index contributed by atoms with van der Waals surface area (Å²) >= 11 is 1.69. The van der Waals surface area contributed by atoms with Gasteiger partial charge in [0.15, 0.2) is 0 Å². The maximum Gasteiger partial charge on any atom is 0.236 e. The van der Waals surface area contributed by atoms with Crippen molar-refractivity contribution in [2.24, 2.45) is 5.73 Å². The van der Waals surface area contributed by atoms with E-state index in [0.29, 0.717) is 6.54 Å². The lowest BCUT2D eigenvalue weighted by molar-refractivity contribution is -0.122. The normalized spacial score (nSPS) is 12.5. The maximum atomic E-state index is 11.5. The van der Waals surface area contributed by atoms with Crippen LogP contribution < -0.4 is 11.1 Å². The van der Waals surface area contributed by atoms with Crippen LogP contribution in [-0.4, -0.2) is 23.5 Å². The van der Waals surface area contributed by atoms with Crippen LogP contribution in [0.4, 0.5) is 0 Å². The molecule has 3 N–H and O–H groups in total. The Morgan fingerprint density at radius 2 is 2.24 bits per heavy atom. The Morgan fingerprint density at radius 1 is 1.53 bits per heavy atom. The molecule has 1 unspecified atom stereocenters. The fraction of sp³-hybridized carbons (Fsp3) is 0.667. The second kappa shape index (κ2) is 6.71. The van der Waals surface area contributed by atoms with Crippen LogP contribution in [0, 0.1) is 13.8 Å². The summed E-state index contributed by atoms with van der Waals surface area (Å²) in [6.07, 6.45) is 2.45. The van der Waals surface area contributed by atoms with Crippen LogP contribution in [0.25, 0.3) is 0 Å². The van der Waals surface area contributed by atoms with Crippen LogP contribution in [0.5, 0.6) is 0 Å². The van der Waals surface area contributed by atoms with Crippen LogP contribution in [0.2, 0.25) is 0 Å². The number of carbonyl (C=O) groups excluding carboxylic acids is 1. The first kappa shape index (κ1) is 14.1. The van der Waals surface area contributed by atoms with Crippen molar-refractivity contribution in [1.82, 2.24) is 10.3 Å². The van der Waals surface area contributed by atoms with Gasteiger partial charge in [0.2, 0.25) is 5.91 Å². The summed E-state index contributed by atoms with van der Waals surface area (Å²) < 4.78 is 0. The van der Waals surface area contributed by atoms with Crippen molar-refractivity contribution in [1.29, 1.82) is 0 Å². The first-order chi connectivity index (χ1) is 8.04. The largest absolute Gasteiger partial charge is 0.354 e. The summed E-state index contributed by atoms with van der Waals surface area (Å²) in [4.78, 5) is 17.2. The molecule has 0 aliphatic carbocycles. The standard InChI is InChI=1S/C12H21N3OS/c1-4-5-10(13)12(16)14-7-6-11-15-8(2)9(3)17-11/h10H,4-7,13H2,1-3H3,(H,14,16). The molecule has 0 saturated carbocycles. The summed E-state index contributed by atoms with van der Waals surface area (Å²) in [6.45, 7) is 6.70. The number of hydrogen-bond acceptors (Lipinski definition) is 4. The van der Waals surface area contributed by atoms with Crippen molar-refractivity contribution in [2.45, 2.75) is 46.1 Å². The number of amides is 1. The molecule has 0 aromatic carbocycles. The number of nitrogens with one attached hydrogen (secondary N) is 1. The van der Waals surface area contributed by atoms with E-state index in [4.69, 9.17) is 5.73 Å². The van der Waals surface area contributed by atoms with Crippen molar-refractivity contribution in [3.05, 3.63) is 15.6 Å². The lowest BCUT2D eigenvalue weighted by Gasteiger charge is -2.10. The Labute approximate surface area is 107 Å².